The maximum atomic E-state index is 12.2. The second-order valence-electron chi connectivity index (χ2n) is 5.62. The molecular formula is C18H19N3O3S. The van der Waals surface area contributed by atoms with Crippen molar-refractivity contribution in [3.63, 3.8) is 0 Å². The van der Waals surface area contributed by atoms with Crippen molar-refractivity contribution in [3.8, 4) is 0 Å². The number of nitrogens with one attached hydrogen (secondary N) is 2. The molecule has 7 heteroatoms. The first-order valence-corrected chi connectivity index (χ1v) is 8.20. The Morgan fingerprint density at radius 2 is 1.80 bits per heavy atom. The summed E-state index contributed by atoms with van der Waals surface area (Å²) in [5.74, 6) is -0.367. The zero-order valence-electron chi connectivity index (χ0n) is 14.3. The number of hydrogen-bond donors (Lipinski definition) is 2. The molecule has 0 aromatic heterocycles. The van der Waals surface area contributed by atoms with Gasteiger partial charge in [-0.3, -0.25) is 20.2 Å². The van der Waals surface area contributed by atoms with Crippen molar-refractivity contribution in [2.24, 2.45) is 0 Å². The van der Waals surface area contributed by atoms with Gasteiger partial charge in [-0.05, 0) is 61.3 Å². The van der Waals surface area contributed by atoms with E-state index in [1.165, 1.54) is 6.07 Å². The topological polar surface area (TPSA) is 84.3 Å². The summed E-state index contributed by atoms with van der Waals surface area (Å²) in [6.45, 7) is 5.64. The summed E-state index contributed by atoms with van der Waals surface area (Å²) >= 11 is 5.14. The highest BCUT2D eigenvalue weighted by Crippen LogP contribution is 2.30. The van der Waals surface area contributed by atoms with Crippen LogP contribution < -0.4 is 10.6 Å². The largest absolute Gasteiger partial charge is 0.327 e. The number of anilines is 1. The second kappa shape index (κ2) is 7.85. The molecule has 2 aromatic rings. The summed E-state index contributed by atoms with van der Waals surface area (Å²) < 4.78 is 0. The summed E-state index contributed by atoms with van der Waals surface area (Å²) in [6.07, 6.45) is 0.887. The van der Waals surface area contributed by atoms with Gasteiger partial charge in [0.2, 0.25) is 0 Å². The Balaban J connectivity index is 2.16. The molecule has 1 amide bonds. The number of aryl methyl sites for hydroxylation is 2. The summed E-state index contributed by atoms with van der Waals surface area (Å²) in [5, 5.41) is 16.6. The second-order valence-corrected chi connectivity index (χ2v) is 6.03. The zero-order chi connectivity index (χ0) is 18.6. The fourth-order valence-corrected chi connectivity index (χ4v) is 2.52. The predicted molar refractivity (Wildman–Crippen MR) is 102 cm³/mol. The third-order valence-corrected chi connectivity index (χ3v) is 4.20. The van der Waals surface area contributed by atoms with E-state index in [0.29, 0.717) is 11.1 Å². The van der Waals surface area contributed by atoms with Gasteiger partial charge in [-0.15, -0.1) is 0 Å². The van der Waals surface area contributed by atoms with Crippen LogP contribution in [0.2, 0.25) is 0 Å². The first-order chi connectivity index (χ1) is 11.8. The van der Waals surface area contributed by atoms with Crippen LogP contribution in [0.25, 0.3) is 0 Å². The van der Waals surface area contributed by atoms with Gasteiger partial charge in [-0.25, -0.2) is 0 Å². The highest BCUT2D eigenvalue weighted by atomic mass is 32.1. The van der Waals surface area contributed by atoms with E-state index in [9.17, 15) is 14.9 Å². The monoisotopic (exact) mass is 357 g/mol. The lowest BCUT2D eigenvalue weighted by atomic mass is 10.1. The van der Waals surface area contributed by atoms with E-state index in [2.05, 4.69) is 10.6 Å². The molecule has 0 unspecified atom stereocenters. The zero-order valence-corrected chi connectivity index (χ0v) is 15.1. The van der Waals surface area contributed by atoms with E-state index < -0.39 is 4.92 Å². The van der Waals surface area contributed by atoms with Gasteiger partial charge < -0.3 is 5.32 Å². The molecule has 0 atom stereocenters. The van der Waals surface area contributed by atoms with Crippen molar-refractivity contribution < 1.29 is 9.72 Å². The van der Waals surface area contributed by atoms with Crippen LogP contribution in [0, 0.1) is 24.0 Å². The van der Waals surface area contributed by atoms with Gasteiger partial charge in [0.1, 0.15) is 5.69 Å². The molecule has 0 aliphatic heterocycles. The molecule has 0 aliphatic rings. The van der Waals surface area contributed by atoms with Gasteiger partial charge in [0.15, 0.2) is 5.11 Å². The minimum atomic E-state index is -0.483. The average molecular weight is 357 g/mol. The first-order valence-electron chi connectivity index (χ1n) is 7.79. The fourth-order valence-electron chi connectivity index (χ4n) is 2.32. The highest BCUT2D eigenvalue weighted by Gasteiger charge is 2.19. The number of rotatable bonds is 4. The number of amides is 1. The number of carbonyl (C=O) groups excluding carboxylic acids is 1. The molecule has 0 saturated carbocycles. The van der Waals surface area contributed by atoms with Crippen LogP contribution in [0.3, 0.4) is 0 Å². The van der Waals surface area contributed by atoms with Crippen molar-refractivity contribution in [2.75, 3.05) is 5.32 Å². The van der Waals surface area contributed by atoms with E-state index >= 15 is 0 Å². The van der Waals surface area contributed by atoms with E-state index in [4.69, 9.17) is 12.2 Å². The molecule has 130 valence electrons. The van der Waals surface area contributed by atoms with Gasteiger partial charge in [0.25, 0.3) is 11.6 Å². The Bertz CT molecular complexity index is 832. The molecule has 0 aliphatic carbocycles. The number of carbonyl (C=O) groups is 1. The number of nitrogens with zero attached hydrogens (tertiary/aromatic N) is 1. The highest BCUT2D eigenvalue weighted by molar-refractivity contribution is 7.80. The number of nitro benzene ring substituents is 1. The van der Waals surface area contributed by atoms with E-state index in [-0.39, 0.29) is 22.4 Å². The molecule has 0 saturated heterocycles. The van der Waals surface area contributed by atoms with Crippen molar-refractivity contribution in [3.05, 3.63) is 68.8 Å². The third kappa shape index (κ3) is 4.39. The minimum Gasteiger partial charge on any atom is -0.327 e. The van der Waals surface area contributed by atoms with Gasteiger partial charge in [0.05, 0.1) is 4.92 Å². The number of hydrogen-bond acceptors (Lipinski definition) is 4. The molecule has 2 N–H and O–H groups in total. The first kappa shape index (κ1) is 18.5. The maximum Gasteiger partial charge on any atom is 0.293 e. The lowest BCUT2D eigenvalue weighted by Gasteiger charge is -2.13. The van der Waals surface area contributed by atoms with Gasteiger partial charge >= 0.3 is 0 Å². The predicted octanol–water partition coefficient (Wildman–Crippen LogP) is 3.90. The standard InChI is InChI=1S/C18H19N3O3S/c1-4-13-6-8-14(9-7-13)17(22)20-18(25)19-16-12(3)11(2)5-10-15(16)21(23)24/h5-10H,4H2,1-3H3,(H2,19,20,22,25). The molecule has 2 rings (SSSR count). The Morgan fingerprint density at radius 1 is 1.16 bits per heavy atom. The Hall–Kier alpha value is -2.80. The van der Waals surface area contributed by atoms with Gasteiger partial charge in [-0.2, -0.15) is 0 Å². The van der Waals surface area contributed by atoms with Crippen LogP contribution in [-0.4, -0.2) is 15.9 Å². The summed E-state index contributed by atoms with van der Waals surface area (Å²) in [6, 6.07) is 10.3. The van der Waals surface area contributed by atoms with Crippen LogP contribution in [0.4, 0.5) is 11.4 Å². The number of nitro groups is 1. The normalized spacial score (nSPS) is 10.2. The van der Waals surface area contributed by atoms with Crippen LogP contribution >= 0.6 is 12.2 Å². The third-order valence-electron chi connectivity index (χ3n) is 4.00. The maximum absolute atomic E-state index is 12.2. The van der Waals surface area contributed by atoms with E-state index in [1.807, 2.05) is 26.0 Å². The molecular weight excluding hydrogens is 338 g/mol. The summed E-state index contributed by atoms with van der Waals surface area (Å²) in [4.78, 5) is 23.0. The quantitative estimate of drug-likeness (QED) is 0.492. The van der Waals surface area contributed by atoms with E-state index in [0.717, 1.165) is 17.5 Å². The molecule has 0 spiro atoms. The lowest BCUT2D eigenvalue weighted by molar-refractivity contribution is -0.383. The van der Waals surface area contributed by atoms with Crippen molar-refractivity contribution in [2.45, 2.75) is 27.2 Å². The summed E-state index contributed by atoms with van der Waals surface area (Å²) in [7, 11) is 0. The smallest absolute Gasteiger partial charge is 0.293 e. The fraction of sp³-hybridized carbons (Fsp3) is 0.222. The van der Waals surface area contributed by atoms with Gasteiger partial charge in [-0.1, -0.05) is 25.1 Å². The lowest BCUT2D eigenvalue weighted by Crippen LogP contribution is -2.34. The average Bonchev–Trinajstić information content (AvgIpc) is 2.58. The SMILES string of the molecule is CCc1ccc(C(=O)NC(=S)Nc2c([N+](=O)[O-])ccc(C)c2C)cc1. The molecule has 0 radical (unpaired) electrons. The Labute approximate surface area is 151 Å². The number of thiocarbonyl (C=S) groups is 1. The van der Waals surface area contributed by atoms with E-state index in [1.54, 1.807) is 25.1 Å². The van der Waals surface area contributed by atoms with Crippen molar-refractivity contribution in [1.29, 1.82) is 0 Å². The van der Waals surface area contributed by atoms with Crippen LogP contribution in [0.15, 0.2) is 36.4 Å². The molecule has 0 heterocycles. The van der Waals surface area contributed by atoms with Crippen LogP contribution in [0.5, 0.6) is 0 Å². The number of benzene rings is 2. The van der Waals surface area contributed by atoms with Crippen LogP contribution in [0.1, 0.15) is 34.0 Å². The molecule has 25 heavy (non-hydrogen) atoms. The van der Waals surface area contributed by atoms with Crippen molar-refractivity contribution in [1.82, 2.24) is 5.32 Å². The van der Waals surface area contributed by atoms with Gasteiger partial charge in [0, 0.05) is 11.6 Å². The molecule has 6 nitrogen and oxygen atoms in total. The van der Waals surface area contributed by atoms with Crippen LogP contribution in [-0.2, 0) is 6.42 Å². The molecule has 2 aromatic carbocycles. The molecule has 0 bridgehead atoms. The Kier molecular flexibility index (Phi) is 5.82. The molecule has 0 fully saturated rings. The minimum absolute atomic E-state index is 0.0152. The van der Waals surface area contributed by atoms with Crippen molar-refractivity contribution >= 4 is 34.6 Å². The Morgan fingerprint density at radius 3 is 2.36 bits per heavy atom. The summed E-state index contributed by atoms with van der Waals surface area (Å²) in [5.41, 5.74) is 3.39.